The lowest BCUT2D eigenvalue weighted by molar-refractivity contribution is -0.114. The first-order valence-corrected chi connectivity index (χ1v) is 10.6. The van der Waals surface area contributed by atoms with Gasteiger partial charge in [0, 0.05) is 36.9 Å². The smallest absolute Gasteiger partial charge is 0.306 e. The first kappa shape index (κ1) is 21.9. The topological polar surface area (TPSA) is 97.4 Å². The summed E-state index contributed by atoms with van der Waals surface area (Å²) >= 11 is 5.83. The number of Topliss-reactive ketones (excluding diaryl/α,β-unsaturated/α-hetero) is 1. The molecule has 0 aromatic heterocycles. The maximum atomic E-state index is 12.5. The van der Waals surface area contributed by atoms with E-state index in [9.17, 15) is 14.4 Å². The third-order valence-electron chi connectivity index (χ3n) is 5.42. The number of likely N-dealkylation sites (N-methyl/N-ethyl adjacent to an activating group) is 1. The van der Waals surface area contributed by atoms with Gasteiger partial charge in [0.25, 0.3) is 5.78 Å². The Hall–Kier alpha value is -3.27. The summed E-state index contributed by atoms with van der Waals surface area (Å²) in [5.74, 6) is -1.12. The van der Waals surface area contributed by atoms with E-state index in [0.29, 0.717) is 23.1 Å². The summed E-state index contributed by atoms with van der Waals surface area (Å²) in [5, 5.41) is 7.11. The highest BCUT2D eigenvalue weighted by atomic mass is 35.5. The first-order valence-electron chi connectivity index (χ1n) is 10.2. The number of urea groups is 1. The Morgan fingerprint density at radius 1 is 1.09 bits per heavy atom. The second-order valence-electron chi connectivity index (χ2n) is 7.73. The molecule has 0 saturated carbocycles. The molecule has 32 heavy (non-hydrogen) atoms. The molecule has 1 fully saturated rings. The number of ketones is 1. The van der Waals surface area contributed by atoms with Crippen molar-refractivity contribution >= 4 is 46.9 Å². The van der Waals surface area contributed by atoms with E-state index in [1.54, 1.807) is 36.4 Å². The number of halogens is 1. The first-order chi connectivity index (χ1) is 15.4. The van der Waals surface area contributed by atoms with Crippen LogP contribution >= 0.6 is 11.6 Å². The lowest BCUT2D eigenvalue weighted by Crippen LogP contribution is -2.49. The number of nitrogens with zero attached hydrogens (tertiary/aromatic N) is 4. The maximum Gasteiger partial charge on any atom is 0.339 e. The van der Waals surface area contributed by atoms with Gasteiger partial charge in [-0.2, -0.15) is 5.10 Å². The number of anilines is 2. The van der Waals surface area contributed by atoms with Crippen LogP contribution in [0.1, 0.15) is 15.9 Å². The lowest BCUT2D eigenvalue weighted by Gasteiger charge is -2.34. The largest absolute Gasteiger partial charge is 0.339 e. The third kappa shape index (κ3) is 4.96. The van der Waals surface area contributed by atoms with Crippen LogP contribution in [0.15, 0.2) is 47.6 Å². The SMILES string of the molecule is CN1CCN(CN2C(=O)C(=O)c3cc(NC(=O)N/N=C/c4ccc(Cl)cc4)ccc32)CC1. The van der Waals surface area contributed by atoms with Crippen molar-refractivity contribution in [3.8, 4) is 0 Å². The van der Waals surface area contributed by atoms with Crippen molar-refractivity contribution in [3.63, 3.8) is 0 Å². The van der Waals surface area contributed by atoms with E-state index in [2.05, 4.69) is 32.7 Å². The maximum absolute atomic E-state index is 12.5. The molecule has 2 aliphatic rings. The molecule has 10 heteroatoms. The highest BCUT2D eigenvalue weighted by molar-refractivity contribution is 6.52. The number of carbonyl (C=O) groups is 3. The molecule has 0 atom stereocenters. The van der Waals surface area contributed by atoms with Gasteiger partial charge < -0.3 is 10.2 Å². The minimum atomic E-state index is -0.570. The number of hydrogen-bond acceptors (Lipinski definition) is 6. The van der Waals surface area contributed by atoms with E-state index in [1.807, 2.05) is 0 Å². The van der Waals surface area contributed by atoms with Crippen LogP contribution in [0, 0.1) is 0 Å². The zero-order valence-electron chi connectivity index (χ0n) is 17.5. The van der Waals surface area contributed by atoms with Crippen LogP contribution < -0.4 is 15.6 Å². The number of benzene rings is 2. The Balaban J connectivity index is 1.38. The van der Waals surface area contributed by atoms with Crippen LogP contribution in [0.25, 0.3) is 0 Å². The summed E-state index contributed by atoms with van der Waals surface area (Å²) in [6.07, 6.45) is 1.48. The summed E-state index contributed by atoms with van der Waals surface area (Å²) in [4.78, 5) is 43.1. The van der Waals surface area contributed by atoms with Crippen LogP contribution in [0.2, 0.25) is 5.02 Å². The number of carbonyl (C=O) groups excluding carboxylic acids is 3. The number of amides is 3. The molecule has 2 heterocycles. The van der Waals surface area contributed by atoms with Crippen molar-refractivity contribution in [1.29, 1.82) is 0 Å². The molecule has 3 amide bonds. The van der Waals surface area contributed by atoms with E-state index in [0.717, 1.165) is 31.7 Å². The Morgan fingerprint density at radius 2 is 1.81 bits per heavy atom. The standard InChI is InChI=1S/C22H23ClN6O3/c1-27-8-10-28(11-9-27)14-29-19-7-6-17(12-18(19)20(30)21(29)31)25-22(32)26-24-13-15-2-4-16(23)5-3-15/h2-7,12-13H,8-11,14H2,1H3,(H2,25,26,32)/b24-13+. The second-order valence-corrected chi connectivity index (χ2v) is 8.17. The number of hydrogen-bond donors (Lipinski definition) is 2. The van der Waals surface area contributed by atoms with Gasteiger partial charge in [0.05, 0.1) is 24.1 Å². The van der Waals surface area contributed by atoms with Crippen molar-refractivity contribution in [3.05, 3.63) is 58.6 Å². The zero-order valence-corrected chi connectivity index (χ0v) is 18.3. The minimum Gasteiger partial charge on any atom is -0.306 e. The van der Waals surface area contributed by atoms with Crippen LogP contribution in [0.3, 0.4) is 0 Å². The Labute approximate surface area is 190 Å². The fourth-order valence-corrected chi connectivity index (χ4v) is 3.71. The lowest BCUT2D eigenvalue weighted by atomic mass is 10.1. The molecule has 1 saturated heterocycles. The summed E-state index contributed by atoms with van der Waals surface area (Å²) in [7, 11) is 2.06. The molecule has 2 aliphatic heterocycles. The van der Waals surface area contributed by atoms with Crippen LogP contribution in [-0.2, 0) is 4.79 Å². The average molecular weight is 455 g/mol. The number of nitrogens with one attached hydrogen (secondary N) is 2. The monoisotopic (exact) mass is 454 g/mol. The molecule has 4 rings (SSSR count). The summed E-state index contributed by atoms with van der Waals surface area (Å²) in [6, 6.07) is 11.3. The molecule has 0 aliphatic carbocycles. The van der Waals surface area contributed by atoms with E-state index >= 15 is 0 Å². The molecule has 2 N–H and O–H groups in total. The number of rotatable bonds is 5. The summed E-state index contributed by atoms with van der Waals surface area (Å²) < 4.78 is 0. The Bertz CT molecular complexity index is 1060. The molecule has 0 unspecified atom stereocenters. The molecule has 0 bridgehead atoms. The number of hydrazone groups is 1. The van der Waals surface area contributed by atoms with Crippen LogP contribution in [0.4, 0.5) is 16.2 Å². The zero-order chi connectivity index (χ0) is 22.7. The van der Waals surface area contributed by atoms with Crippen molar-refractivity contribution in [1.82, 2.24) is 15.2 Å². The Morgan fingerprint density at radius 3 is 2.53 bits per heavy atom. The van der Waals surface area contributed by atoms with Gasteiger partial charge in [0.1, 0.15) is 0 Å². The Kier molecular flexibility index (Phi) is 6.50. The van der Waals surface area contributed by atoms with Crippen molar-refractivity contribution in [2.75, 3.05) is 50.1 Å². The number of piperazine rings is 1. The normalized spacial score (nSPS) is 17.1. The van der Waals surface area contributed by atoms with Gasteiger partial charge >= 0.3 is 11.9 Å². The second kappa shape index (κ2) is 9.47. The highest BCUT2D eigenvalue weighted by Crippen LogP contribution is 2.31. The van der Waals surface area contributed by atoms with E-state index in [4.69, 9.17) is 11.6 Å². The quantitative estimate of drug-likeness (QED) is 0.410. The fraction of sp³-hybridized carbons (Fsp3) is 0.273. The third-order valence-corrected chi connectivity index (χ3v) is 5.67. The molecule has 2 aromatic carbocycles. The van der Waals surface area contributed by atoms with Gasteiger partial charge in [0.2, 0.25) is 0 Å². The molecule has 0 spiro atoms. The van der Waals surface area contributed by atoms with E-state index in [-0.39, 0.29) is 5.56 Å². The van der Waals surface area contributed by atoms with Gasteiger partial charge in [-0.3, -0.25) is 19.4 Å². The fourth-order valence-electron chi connectivity index (χ4n) is 3.58. The average Bonchev–Trinajstić information content (AvgIpc) is 3.01. The van der Waals surface area contributed by atoms with Gasteiger partial charge in [-0.1, -0.05) is 23.7 Å². The summed E-state index contributed by atoms with van der Waals surface area (Å²) in [5.41, 5.74) is 4.38. The van der Waals surface area contributed by atoms with Crippen LogP contribution in [-0.4, -0.2) is 73.6 Å². The predicted molar refractivity (Wildman–Crippen MR) is 123 cm³/mol. The van der Waals surface area contributed by atoms with E-state index < -0.39 is 17.7 Å². The molecular formula is C22H23ClN6O3. The van der Waals surface area contributed by atoms with Crippen LogP contribution in [0.5, 0.6) is 0 Å². The summed E-state index contributed by atoms with van der Waals surface area (Å²) in [6.45, 7) is 3.88. The van der Waals surface area contributed by atoms with Gasteiger partial charge in [0.15, 0.2) is 0 Å². The highest BCUT2D eigenvalue weighted by Gasteiger charge is 2.37. The van der Waals surface area contributed by atoms with Crippen molar-refractivity contribution in [2.45, 2.75) is 0 Å². The van der Waals surface area contributed by atoms with E-state index in [1.165, 1.54) is 17.2 Å². The molecular weight excluding hydrogens is 432 g/mol. The van der Waals surface area contributed by atoms with Gasteiger partial charge in [-0.25, -0.2) is 10.2 Å². The van der Waals surface area contributed by atoms with Crippen molar-refractivity contribution in [2.24, 2.45) is 5.10 Å². The molecule has 9 nitrogen and oxygen atoms in total. The number of fused-ring (bicyclic) bond motifs is 1. The van der Waals surface area contributed by atoms with Gasteiger partial charge in [-0.05, 0) is 42.9 Å². The molecule has 166 valence electrons. The molecule has 2 aromatic rings. The van der Waals surface area contributed by atoms with Crippen molar-refractivity contribution < 1.29 is 14.4 Å². The van der Waals surface area contributed by atoms with Gasteiger partial charge in [-0.15, -0.1) is 0 Å². The molecule has 0 radical (unpaired) electrons. The minimum absolute atomic E-state index is 0.284. The predicted octanol–water partition coefficient (Wildman–Crippen LogP) is 2.23.